The number of rotatable bonds is 4. The molecule has 1 aromatic carbocycles. The molecule has 0 spiro atoms. The van der Waals surface area contributed by atoms with E-state index in [0.717, 1.165) is 16.3 Å². The van der Waals surface area contributed by atoms with Gasteiger partial charge in [-0.3, -0.25) is 0 Å². The Morgan fingerprint density at radius 1 is 1.24 bits per heavy atom. The van der Waals surface area contributed by atoms with Crippen molar-refractivity contribution in [2.75, 3.05) is 6.26 Å². The summed E-state index contributed by atoms with van der Waals surface area (Å²) in [4.78, 5) is 8.14. The first-order chi connectivity index (χ1) is 8.31. The Bertz CT molecular complexity index is 487. The van der Waals surface area contributed by atoms with Crippen LogP contribution in [0.4, 0.5) is 0 Å². The van der Waals surface area contributed by atoms with E-state index in [-0.39, 0.29) is 0 Å². The van der Waals surface area contributed by atoms with Gasteiger partial charge in [-0.15, -0.1) is 11.8 Å². The zero-order valence-corrected chi connectivity index (χ0v) is 10.3. The van der Waals surface area contributed by atoms with Crippen LogP contribution in [0.1, 0.15) is 5.56 Å². The van der Waals surface area contributed by atoms with E-state index in [9.17, 15) is 0 Å². The highest BCUT2D eigenvalue weighted by atomic mass is 32.2. The van der Waals surface area contributed by atoms with Crippen molar-refractivity contribution in [3.05, 3.63) is 42.2 Å². The summed E-state index contributed by atoms with van der Waals surface area (Å²) in [7, 11) is 0. The molecule has 0 bridgehead atoms. The lowest BCUT2D eigenvalue weighted by Gasteiger charge is -2.05. The molecule has 88 valence electrons. The van der Waals surface area contributed by atoms with E-state index >= 15 is 0 Å². The lowest BCUT2D eigenvalue weighted by molar-refractivity contribution is 0.459. The molecule has 1 heterocycles. The largest absolute Gasteiger partial charge is 0.439 e. The fourth-order valence-electron chi connectivity index (χ4n) is 1.30. The maximum Gasteiger partial charge on any atom is 0.223 e. The Balaban J connectivity index is 2.13. The summed E-state index contributed by atoms with van der Waals surface area (Å²) in [6.45, 7) is 0.532. The molecular weight excluding hydrogens is 234 g/mol. The van der Waals surface area contributed by atoms with E-state index in [1.807, 2.05) is 36.6 Å². The Hall–Kier alpha value is -1.59. The fourth-order valence-corrected chi connectivity index (χ4v) is 1.68. The summed E-state index contributed by atoms with van der Waals surface area (Å²) in [6, 6.07) is 9.44. The second-order valence-electron chi connectivity index (χ2n) is 3.35. The number of ether oxygens (including phenoxy) is 1. The van der Waals surface area contributed by atoms with Crippen molar-refractivity contribution in [2.45, 2.75) is 11.6 Å². The van der Waals surface area contributed by atoms with Crippen molar-refractivity contribution in [3.8, 4) is 11.6 Å². The van der Waals surface area contributed by atoms with Crippen LogP contribution in [0, 0.1) is 0 Å². The number of benzene rings is 1. The Morgan fingerprint density at radius 2 is 2.00 bits per heavy atom. The normalized spacial score (nSPS) is 10.2. The first-order valence-electron chi connectivity index (χ1n) is 5.14. The highest BCUT2D eigenvalue weighted by Crippen LogP contribution is 2.22. The summed E-state index contributed by atoms with van der Waals surface area (Å²) < 4.78 is 5.62. The molecule has 2 rings (SSSR count). The van der Waals surface area contributed by atoms with Crippen molar-refractivity contribution in [1.29, 1.82) is 0 Å². The molecule has 0 saturated carbocycles. The number of hydrogen-bond acceptors (Lipinski definition) is 5. The number of thioether (sulfide) groups is 1. The molecule has 5 heteroatoms. The van der Waals surface area contributed by atoms with Crippen LogP contribution in [-0.4, -0.2) is 16.2 Å². The van der Waals surface area contributed by atoms with Gasteiger partial charge in [-0.25, -0.2) is 9.97 Å². The molecule has 1 aromatic heterocycles. The molecule has 0 radical (unpaired) electrons. The van der Waals surface area contributed by atoms with Crippen LogP contribution >= 0.6 is 11.8 Å². The first-order valence-corrected chi connectivity index (χ1v) is 6.37. The van der Waals surface area contributed by atoms with Gasteiger partial charge in [-0.1, -0.05) is 12.1 Å². The number of nitrogens with zero attached hydrogens (tertiary/aromatic N) is 2. The van der Waals surface area contributed by atoms with Crippen molar-refractivity contribution in [1.82, 2.24) is 9.97 Å². The van der Waals surface area contributed by atoms with Crippen LogP contribution in [0.3, 0.4) is 0 Å². The third-order valence-corrected chi connectivity index (χ3v) is 2.85. The van der Waals surface area contributed by atoms with Gasteiger partial charge in [0.05, 0.1) is 0 Å². The van der Waals surface area contributed by atoms with Crippen LogP contribution in [0.5, 0.6) is 11.6 Å². The van der Waals surface area contributed by atoms with Gasteiger partial charge in [0.2, 0.25) is 5.88 Å². The lowest BCUT2D eigenvalue weighted by Crippen LogP contribution is -1.95. The van der Waals surface area contributed by atoms with E-state index < -0.39 is 0 Å². The molecule has 0 saturated heterocycles. The van der Waals surface area contributed by atoms with E-state index in [2.05, 4.69) is 9.97 Å². The molecule has 2 aromatic rings. The number of hydrogen-bond donors (Lipinski definition) is 1. The van der Waals surface area contributed by atoms with Crippen molar-refractivity contribution < 1.29 is 4.74 Å². The van der Waals surface area contributed by atoms with Gasteiger partial charge in [0.15, 0.2) is 0 Å². The zero-order chi connectivity index (χ0) is 12.1. The zero-order valence-electron chi connectivity index (χ0n) is 9.46. The van der Waals surface area contributed by atoms with Crippen LogP contribution in [0.2, 0.25) is 0 Å². The minimum Gasteiger partial charge on any atom is -0.439 e. The second kappa shape index (κ2) is 5.65. The smallest absolute Gasteiger partial charge is 0.223 e. The molecule has 4 nitrogen and oxygen atoms in total. The maximum absolute atomic E-state index is 5.62. The summed E-state index contributed by atoms with van der Waals surface area (Å²) in [5, 5.41) is 0.883. The highest BCUT2D eigenvalue weighted by molar-refractivity contribution is 7.98. The topological polar surface area (TPSA) is 61.0 Å². The van der Waals surface area contributed by atoms with Gasteiger partial charge in [0.25, 0.3) is 0 Å². The summed E-state index contributed by atoms with van der Waals surface area (Å²) in [6.07, 6.45) is 3.46. The summed E-state index contributed by atoms with van der Waals surface area (Å²) in [5.41, 5.74) is 6.60. The van der Waals surface area contributed by atoms with Gasteiger partial charge in [-0.05, 0) is 24.0 Å². The van der Waals surface area contributed by atoms with Gasteiger partial charge in [0, 0.05) is 12.6 Å². The van der Waals surface area contributed by atoms with Crippen LogP contribution in [-0.2, 0) is 6.54 Å². The molecule has 0 aliphatic rings. The molecular formula is C12H13N3OS. The monoisotopic (exact) mass is 247 g/mol. The molecule has 2 N–H and O–H groups in total. The molecule has 0 atom stereocenters. The highest BCUT2D eigenvalue weighted by Gasteiger charge is 2.00. The predicted molar refractivity (Wildman–Crippen MR) is 68.2 cm³/mol. The minimum absolute atomic E-state index is 0.532. The fraction of sp³-hybridized carbons (Fsp3) is 0.167. The summed E-state index contributed by atoms with van der Waals surface area (Å²) in [5.74, 6) is 1.29. The number of aromatic nitrogens is 2. The molecule has 0 aliphatic heterocycles. The lowest BCUT2D eigenvalue weighted by atomic mass is 10.2. The van der Waals surface area contributed by atoms with Crippen molar-refractivity contribution in [3.63, 3.8) is 0 Å². The average molecular weight is 247 g/mol. The van der Waals surface area contributed by atoms with Crippen LogP contribution in [0.15, 0.2) is 41.7 Å². The number of nitrogens with two attached hydrogens (primary N) is 1. The average Bonchev–Trinajstić information content (AvgIpc) is 2.40. The van der Waals surface area contributed by atoms with E-state index in [0.29, 0.717) is 12.4 Å². The molecule has 0 fully saturated rings. The van der Waals surface area contributed by atoms with E-state index in [4.69, 9.17) is 10.5 Å². The third-order valence-electron chi connectivity index (χ3n) is 2.21. The minimum atomic E-state index is 0.532. The second-order valence-corrected chi connectivity index (χ2v) is 4.18. The van der Waals surface area contributed by atoms with Gasteiger partial charge in [0.1, 0.15) is 17.1 Å². The van der Waals surface area contributed by atoms with E-state index in [1.165, 1.54) is 6.33 Å². The first kappa shape index (κ1) is 11.9. The third kappa shape index (κ3) is 3.18. The maximum atomic E-state index is 5.62. The Labute approximate surface area is 104 Å². The standard InChI is InChI=1S/C12H13N3OS/c1-17-12-6-11(14-8-15-12)16-10-4-2-9(7-13)3-5-10/h2-6,8H,7,13H2,1H3. The van der Waals surface area contributed by atoms with Crippen molar-refractivity contribution in [2.24, 2.45) is 5.73 Å². The molecule has 0 amide bonds. The van der Waals surface area contributed by atoms with E-state index in [1.54, 1.807) is 11.8 Å². The Morgan fingerprint density at radius 3 is 2.65 bits per heavy atom. The SMILES string of the molecule is CSc1cc(Oc2ccc(CN)cc2)ncn1. The van der Waals surface area contributed by atoms with Gasteiger partial charge in [-0.2, -0.15) is 0 Å². The van der Waals surface area contributed by atoms with Crippen molar-refractivity contribution >= 4 is 11.8 Å². The quantitative estimate of drug-likeness (QED) is 0.664. The predicted octanol–water partition coefficient (Wildman–Crippen LogP) is 2.45. The molecule has 0 unspecified atom stereocenters. The molecule has 0 aliphatic carbocycles. The van der Waals surface area contributed by atoms with Gasteiger partial charge < -0.3 is 10.5 Å². The molecule has 17 heavy (non-hydrogen) atoms. The summed E-state index contributed by atoms with van der Waals surface area (Å²) >= 11 is 1.55. The Kier molecular flexibility index (Phi) is 3.95. The van der Waals surface area contributed by atoms with Gasteiger partial charge >= 0.3 is 0 Å². The van der Waals surface area contributed by atoms with Crippen LogP contribution < -0.4 is 10.5 Å². The van der Waals surface area contributed by atoms with Crippen LogP contribution in [0.25, 0.3) is 0 Å².